The van der Waals surface area contributed by atoms with Crippen molar-refractivity contribution in [3.05, 3.63) is 12.1 Å². The van der Waals surface area contributed by atoms with Crippen molar-refractivity contribution in [2.75, 3.05) is 17.2 Å². The second-order valence-corrected chi connectivity index (χ2v) is 3.92. The molecule has 0 saturated carbocycles. The lowest BCUT2D eigenvalue weighted by Gasteiger charge is -2.34. The first-order valence-corrected chi connectivity index (χ1v) is 5.33. The molecule has 1 aliphatic heterocycles. The van der Waals surface area contributed by atoms with Crippen molar-refractivity contribution in [2.45, 2.75) is 25.3 Å². The Bertz CT molecular complexity index is 377. The number of hydrogen-bond acceptors (Lipinski definition) is 5. The van der Waals surface area contributed by atoms with Gasteiger partial charge in [0.1, 0.15) is 11.9 Å². The number of piperidine rings is 1. The average molecular weight is 221 g/mol. The molecule has 1 unspecified atom stereocenters. The molecule has 0 spiro atoms. The lowest BCUT2D eigenvalue weighted by atomic mass is 10.0. The maximum absolute atomic E-state index is 11.3. The predicted octanol–water partition coefficient (Wildman–Crippen LogP) is -0.0970. The standard InChI is InChI=1S/C10H15N5O/c11-8-4-5-9(14-13-8)15-6-2-1-3-7(15)10(12)16/h4-5,7H,1-3,6H2,(H2,11,13)(H2,12,16). The third-order valence-electron chi connectivity index (χ3n) is 2.80. The second-order valence-electron chi connectivity index (χ2n) is 3.92. The van der Waals surface area contributed by atoms with Crippen LogP contribution in [0.2, 0.25) is 0 Å². The van der Waals surface area contributed by atoms with E-state index < -0.39 is 0 Å². The SMILES string of the molecule is NC(=O)C1CCCCN1c1ccc(N)nn1. The van der Waals surface area contributed by atoms with E-state index in [-0.39, 0.29) is 11.9 Å². The van der Waals surface area contributed by atoms with E-state index in [9.17, 15) is 4.79 Å². The van der Waals surface area contributed by atoms with Crippen LogP contribution in [-0.2, 0) is 4.79 Å². The van der Waals surface area contributed by atoms with Crippen molar-refractivity contribution in [1.82, 2.24) is 10.2 Å². The van der Waals surface area contributed by atoms with Crippen LogP contribution in [-0.4, -0.2) is 28.7 Å². The van der Waals surface area contributed by atoms with Crippen LogP contribution in [0.5, 0.6) is 0 Å². The van der Waals surface area contributed by atoms with Crippen molar-refractivity contribution >= 4 is 17.5 Å². The minimum absolute atomic E-state index is 0.272. The molecule has 6 heteroatoms. The van der Waals surface area contributed by atoms with Crippen LogP contribution in [0.1, 0.15) is 19.3 Å². The molecular weight excluding hydrogens is 206 g/mol. The summed E-state index contributed by atoms with van der Waals surface area (Å²) in [4.78, 5) is 13.2. The van der Waals surface area contributed by atoms with E-state index in [1.807, 2.05) is 4.90 Å². The Morgan fingerprint density at radius 1 is 1.38 bits per heavy atom. The summed E-state index contributed by atoms with van der Waals surface area (Å²) in [5.74, 6) is 0.729. The Balaban J connectivity index is 2.23. The van der Waals surface area contributed by atoms with Crippen molar-refractivity contribution in [1.29, 1.82) is 0 Å². The van der Waals surface area contributed by atoms with E-state index >= 15 is 0 Å². The van der Waals surface area contributed by atoms with Crippen LogP contribution >= 0.6 is 0 Å². The number of nitrogens with two attached hydrogens (primary N) is 2. The van der Waals surface area contributed by atoms with Crippen molar-refractivity contribution < 1.29 is 4.79 Å². The molecule has 4 N–H and O–H groups in total. The van der Waals surface area contributed by atoms with Gasteiger partial charge in [-0.2, -0.15) is 0 Å². The van der Waals surface area contributed by atoms with Gasteiger partial charge >= 0.3 is 0 Å². The minimum atomic E-state index is -0.307. The van der Waals surface area contributed by atoms with Crippen LogP contribution < -0.4 is 16.4 Å². The highest BCUT2D eigenvalue weighted by molar-refractivity contribution is 5.83. The quantitative estimate of drug-likeness (QED) is 0.726. The molecule has 0 aliphatic carbocycles. The molecule has 0 radical (unpaired) electrons. The van der Waals surface area contributed by atoms with E-state index in [1.54, 1.807) is 12.1 Å². The Hall–Kier alpha value is -1.85. The van der Waals surface area contributed by atoms with E-state index in [2.05, 4.69) is 10.2 Å². The Morgan fingerprint density at radius 2 is 2.19 bits per heavy atom. The highest BCUT2D eigenvalue weighted by Crippen LogP contribution is 2.22. The number of aromatic nitrogens is 2. The van der Waals surface area contributed by atoms with E-state index in [1.165, 1.54) is 0 Å². The maximum Gasteiger partial charge on any atom is 0.240 e. The van der Waals surface area contributed by atoms with Crippen LogP contribution in [0.15, 0.2) is 12.1 Å². The van der Waals surface area contributed by atoms with Gasteiger partial charge in [-0.3, -0.25) is 4.79 Å². The fraction of sp³-hybridized carbons (Fsp3) is 0.500. The Kier molecular flexibility index (Phi) is 2.89. The largest absolute Gasteiger partial charge is 0.382 e. The minimum Gasteiger partial charge on any atom is -0.382 e. The van der Waals surface area contributed by atoms with E-state index in [4.69, 9.17) is 11.5 Å². The Labute approximate surface area is 93.6 Å². The number of nitrogen functional groups attached to an aromatic ring is 1. The number of carbonyl (C=O) groups excluding carboxylic acids is 1. The molecule has 0 bridgehead atoms. The summed E-state index contributed by atoms with van der Waals surface area (Å²) in [6.07, 6.45) is 2.84. The van der Waals surface area contributed by atoms with Gasteiger partial charge in [0.25, 0.3) is 0 Å². The van der Waals surface area contributed by atoms with Gasteiger partial charge in [0.2, 0.25) is 5.91 Å². The summed E-state index contributed by atoms with van der Waals surface area (Å²) in [5.41, 5.74) is 10.8. The number of carbonyl (C=O) groups is 1. The first-order valence-electron chi connectivity index (χ1n) is 5.33. The van der Waals surface area contributed by atoms with Gasteiger partial charge in [-0.1, -0.05) is 0 Å². The van der Waals surface area contributed by atoms with Gasteiger partial charge in [-0.05, 0) is 31.4 Å². The van der Waals surface area contributed by atoms with E-state index in [0.29, 0.717) is 11.6 Å². The zero-order valence-electron chi connectivity index (χ0n) is 8.97. The van der Waals surface area contributed by atoms with Gasteiger partial charge in [-0.25, -0.2) is 0 Å². The summed E-state index contributed by atoms with van der Waals surface area (Å²) < 4.78 is 0. The zero-order valence-corrected chi connectivity index (χ0v) is 8.97. The zero-order chi connectivity index (χ0) is 11.5. The van der Waals surface area contributed by atoms with Gasteiger partial charge in [0.05, 0.1) is 0 Å². The molecule has 1 saturated heterocycles. The number of rotatable bonds is 2. The molecular formula is C10H15N5O. The van der Waals surface area contributed by atoms with Gasteiger partial charge in [-0.15, -0.1) is 10.2 Å². The average Bonchev–Trinajstić information content (AvgIpc) is 2.30. The topological polar surface area (TPSA) is 98.1 Å². The number of amides is 1. The molecule has 1 fully saturated rings. The fourth-order valence-corrected chi connectivity index (χ4v) is 1.99. The van der Waals surface area contributed by atoms with Crippen LogP contribution in [0.3, 0.4) is 0 Å². The molecule has 1 atom stereocenters. The molecule has 86 valence electrons. The molecule has 1 aromatic rings. The monoisotopic (exact) mass is 221 g/mol. The van der Waals surface area contributed by atoms with Gasteiger partial charge in [0.15, 0.2) is 5.82 Å². The molecule has 2 rings (SSSR count). The molecule has 1 aliphatic rings. The lowest BCUT2D eigenvalue weighted by molar-refractivity contribution is -0.119. The molecule has 0 aromatic carbocycles. The van der Waals surface area contributed by atoms with Crippen LogP contribution in [0, 0.1) is 0 Å². The first kappa shape index (κ1) is 10.7. The van der Waals surface area contributed by atoms with Crippen LogP contribution in [0.4, 0.5) is 11.6 Å². The summed E-state index contributed by atoms with van der Waals surface area (Å²) >= 11 is 0. The maximum atomic E-state index is 11.3. The normalized spacial score (nSPS) is 20.8. The first-order chi connectivity index (χ1) is 7.68. The summed E-state index contributed by atoms with van der Waals surface area (Å²) in [6, 6.07) is 3.17. The summed E-state index contributed by atoms with van der Waals surface area (Å²) in [7, 11) is 0. The molecule has 2 heterocycles. The van der Waals surface area contributed by atoms with Crippen molar-refractivity contribution in [3.8, 4) is 0 Å². The Morgan fingerprint density at radius 3 is 2.81 bits per heavy atom. The molecule has 1 aromatic heterocycles. The molecule has 16 heavy (non-hydrogen) atoms. The third kappa shape index (κ3) is 2.05. The number of hydrogen-bond donors (Lipinski definition) is 2. The van der Waals surface area contributed by atoms with E-state index in [0.717, 1.165) is 25.8 Å². The lowest BCUT2D eigenvalue weighted by Crippen LogP contribution is -2.48. The predicted molar refractivity (Wildman–Crippen MR) is 60.6 cm³/mol. The highest BCUT2D eigenvalue weighted by atomic mass is 16.1. The van der Waals surface area contributed by atoms with Gasteiger partial charge in [0, 0.05) is 6.54 Å². The fourth-order valence-electron chi connectivity index (χ4n) is 1.99. The van der Waals surface area contributed by atoms with Crippen LogP contribution in [0.25, 0.3) is 0 Å². The number of anilines is 2. The summed E-state index contributed by atoms with van der Waals surface area (Å²) in [5, 5.41) is 7.76. The van der Waals surface area contributed by atoms with Gasteiger partial charge < -0.3 is 16.4 Å². The highest BCUT2D eigenvalue weighted by Gasteiger charge is 2.27. The number of primary amides is 1. The number of nitrogens with zero attached hydrogens (tertiary/aromatic N) is 3. The smallest absolute Gasteiger partial charge is 0.240 e. The van der Waals surface area contributed by atoms with Crippen molar-refractivity contribution in [2.24, 2.45) is 5.73 Å². The molecule has 6 nitrogen and oxygen atoms in total. The second kappa shape index (κ2) is 4.34. The third-order valence-corrected chi connectivity index (χ3v) is 2.80. The van der Waals surface area contributed by atoms with Crippen molar-refractivity contribution in [3.63, 3.8) is 0 Å². The summed E-state index contributed by atoms with van der Waals surface area (Å²) in [6.45, 7) is 0.784. The molecule has 1 amide bonds.